The molecule has 18 heavy (non-hydrogen) atoms. The molecule has 2 rings (SSSR count). The number of anilines is 2. The predicted octanol–water partition coefficient (Wildman–Crippen LogP) is 1.27. The van der Waals surface area contributed by atoms with Gasteiger partial charge in [-0.3, -0.25) is 9.48 Å². The Bertz CT molecular complexity index is 604. The molecule has 0 bridgehead atoms. The zero-order chi connectivity index (χ0) is 13.3. The van der Waals surface area contributed by atoms with Crippen molar-refractivity contribution in [2.45, 2.75) is 6.92 Å². The van der Waals surface area contributed by atoms with Crippen LogP contribution in [0.3, 0.4) is 0 Å². The number of hydrogen-bond acceptors (Lipinski definition) is 4. The minimum absolute atomic E-state index is 0.0177. The van der Waals surface area contributed by atoms with Crippen molar-refractivity contribution in [3.05, 3.63) is 35.5 Å². The third-order valence-electron chi connectivity index (χ3n) is 2.53. The average Bonchev–Trinajstić information content (AvgIpc) is 2.63. The van der Waals surface area contributed by atoms with Gasteiger partial charge in [-0.25, -0.2) is 0 Å². The standard InChI is InChI=1S/C12H14N4O2/c1-7-3-4-10(17)8(5-7)14-12(18)9-6-11(13)15-16(9)2/h3-6,17H,1-2H3,(H2,13,15)(H,14,18). The maximum atomic E-state index is 12.0. The van der Waals surface area contributed by atoms with Gasteiger partial charge >= 0.3 is 0 Å². The molecule has 0 saturated carbocycles. The van der Waals surface area contributed by atoms with Crippen LogP contribution in [-0.4, -0.2) is 20.8 Å². The van der Waals surface area contributed by atoms with E-state index in [0.717, 1.165) is 5.56 Å². The second-order valence-corrected chi connectivity index (χ2v) is 4.05. The van der Waals surface area contributed by atoms with E-state index in [1.54, 1.807) is 19.2 Å². The Balaban J connectivity index is 2.26. The second-order valence-electron chi connectivity index (χ2n) is 4.05. The highest BCUT2D eigenvalue weighted by molar-refractivity contribution is 6.04. The van der Waals surface area contributed by atoms with Gasteiger partial charge in [-0.15, -0.1) is 0 Å². The summed E-state index contributed by atoms with van der Waals surface area (Å²) in [4.78, 5) is 12.0. The topological polar surface area (TPSA) is 93.2 Å². The third-order valence-corrected chi connectivity index (χ3v) is 2.53. The molecule has 0 aliphatic heterocycles. The van der Waals surface area contributed by atoms with Crippen LogP contribution in [-0.2, 0) is 7.05 Å². The summed E-state index contributed by atoms with van der Waals surface area (Å²) in [5, 5.41) is 16.1. The lowest BCUT2D eigenvalue weighted by Crippen LogP contribution is -2.16. The Morgan fingerprint density at radius 2 is 2.17 bits per heavy atom. The summed E-state index contributed by atoms with van der Waals surface area (Å²) < 4.78 is 1.39. The molecule has 0 unspecified atom stereocenters. The van der Waals surface area contributed by atoms with Gasteiger partial charge in [0.2, 0.25) is 0 Å². The molecule has 6 heteroatoms. The number of aromatic hydroxyl groups is 1. The van der Waals surface area contributed by atoms with Crippen LogP contribution in [0.25, 0.3) is 0 Å². The fraction of sp³-hybridized carbons (Fsp3) is 0.167. The number of rotatable bonds is 2. The van der Waals surface area contributed by atoms with Gasteiger partial charge in [0.1, 0.15) is 17.3 Å². The van der Waals surface area contributed by atoms with E-state index >= 15 is 0 Å². The highest BCUT2D eigenvalue weighted by Crippen LogP contribution is 2.24. The van der Waals surface area contributed by atoms with E-state index in [9.17, 15) is 9.90 Å². The molecule has 0 aliphatic rings. The summed E-state index contributed by atoms with van der Waals surface area (Å²) in [6.07, 6.45) is 0. The van der Waals surface area contributed by atoms with E-state index in [2.05, 4.69) is 10.4 Å². The number of carbonyl (C=O) groups is 1. The summed E-state index contributed by atoms with van der Waals surface area (Å²) in [5.41, 5.74) is 7.13. The SMILES string of the molecule is Cc1ccc(O)c(NC(=O)c2cc(N)nn2C)c1. The van der Waals surface area contributed by atoms with Crippen LogP contribution in [0.4, 0.5) is 11.5 Å². The van der Waals surface area contributed by atoms with Gasteiger partial charge in [-0.2, -0.15) is 5.10 Å². The van der Waals surface area contributed by atoms with Crippen LogP contribution in [0.5, 0.6) is 5.75 Å². The number of phenols is 1. The molecule has 2 aromatic rings. The quantitative estimate of drug-likeness (QED) is 0.695. The molecule has 0 spiro atoms. The Hall–Kier alpha value is -2.50. The van der Waals surface area contributed by atoms with Crippen LogP contribution >= 0.6 is 0 Å². The molecule has 0 fully saturated rings. The second kappa shape index (κ2) is 4.40. The number of nitrogens with zero attached hydrogens (tertiary/aromatic N) is 2. The van der Waals surface area contributed by atoms with Crippen molar-refractivity contribution in [3.8, 4) is 5.75 Å². The fourth-order valence-corrected chi connectivity index (χ4v) is 1.64. The lowest BCUT2D eigenvalue weighted by Gasteiger charge is -2.08. The summed E-state index contributed by atoms with van der Waals surface area (Å²) in [6.45, 7) is 1.87. The first-order valence-electron chi connectivity index (χ1n) is 5.38. The first-order valence-corrected chi connectivity index (χ1v) is 5.38. The van der Waals surface area contributed by atoms with Gasteiger partial charge in [-0.1, -0.05) is 6.07 Å². The largest absolute Gasteiger partial charge is 0.506 e. The monoisotopic (exact) mass is 246 g/mol. The van der Waals surface area contributed by atoms with E-state index in [1.807, 2.05) is 6.92 Å². The summed E-state index contributed by atoms with van der Waals surface area (Å²) in [6, 6.07) is 6.45. The van der Waals surface area contributed by atoms with Crippen LogP contribution in [0.2, 0.25) is 0 Å². The van der Waals surface area contributed by atoms with Crippen LogP contribution < -0.4 is 11.1 Å². The molecule has 94 valence electrons. The molecular weight excluding hydrogens is 232 g/mol. The molecule has 1 heterocycles. The van der Waals surface area contributed by atoms with Crippen molar-refractivity contribution in [2.75, 3.05) is 11.1 Å². The molecule has 4 N–H and O–H groups in total. The van der Waals surface area contributed by atoms with Gasteiger partial charge in [0.15, 0.2) is 0 Å². The Morgan fingerprint density at radius 3 is 2.78 bits per heavy atom. The van der Waals surface area contributed by atoms with Gasteiger partial charge in [0.05, 0.1) is 5.69 Å². The van der Waals surface area contributed by atoms with E-state index in [4.69, 9.17) is 5.73 Å². The first kappa shape index (κ1) is 12.0. The molecule has 0 aliphatic carbocycles. The molecule has 0 radical (unpaired) electrons. The molecule has 1 aromatic heterocycles. The molecular formula is C12H14N4O2. The molecule has 0 atom stereocenters. The normalized spacial score (nSPS) is 10.3. The van der Waals surface area contributed by atoms with Gasteiger partial charge in [0, 0.05) is 13.1 Å². The smallest absolute Gasteiger partial charge is 0.274 e. The van der Waals surface area contributed by atoms with Crippen molar-refractivity contribution in [1.82, 2.24) is 9.78 Å². The number of nitrogen functional groups attached to an aromatic ring is 1. The van der Waals surface area contributed by atoms with Gasteiger partial charge < -0.3 is 16.2 Å². The zero-order valence-corrected chi connectivity index (χ0v) is 10.1. The summed E-state index contributed by atoms with van der Waals surface area (Å²) >= 11 is 0. The van der Waals surface area contributed by atoms with Crippen molar-refractivity contribution in [1.29, 1.82) is 0 Å². The van der Waals surface area contributed by atoms with E-state index in [0.29, 0.717) is 11.4 Å². The summed E-state index contributed by atoms with van der Waals surface area (Å²) in [7, 11) is 1.63. The van der Waals surface area contributed by atoms with Gasteiger partial charge in [0.25, 0.3) is 5.91 Å². The highest BCUT2D eigenvalue weighted by Gasteiger charge is 2.13. The number of carbonyl (C=O) groups excluding carboxylic acids is 1. The minimum atomic E-state index is -0.373. The number of nitrogens with two attached hydrogens (primary N) is 1. The average molecular weight is 246 g/mol. The molecule has 0 saturated heterocycles. The maximum Gasteiger partial charge on any atom is 0.274 e. The first-order chi connectivity index (χ1) is 8.47. The van der Waals surface area contributed by atoms with Crippen molar-refractivity contribution in [3.63, 3.8) is 0 Å². The highest BCUT2D eigenvalue weighted by atomic mass is 16.3. The lowest BCUT2D eigenvalue weighted by molar-refractivity contribution is 0.101. The number of amides is 1. The van der Waals surface area contributed by atoms with Crippen molar-refractivity contribution in [2.24, 2.45) is 7.05 Å². The number of hydrogen-bond donors (Lipinski definition) is 3. The maximum absolute atomic E-state index is 12.0. The Labute approximate surface area is 104 Å². The van der Waals surface area contributed by atoms with E-state index < -0.39 is 0 Å². The molecule has 1 aromatic carbocycles. The van der Waals surface area contributed by atoms with E-state index in [-0.39, 0.29) is 17.5 Å². The third kappa shape index (κ3) is 2.27. The van der Waals surface area contributed by atoms with Crippen LogP contribution in [0, 0.1) is 6.92 Å². The van der Waals surface area contributed by atoms with Crippen LogP contribution in [0.1, 0.15) is 16.1 Å². The zero-order valence-electron chi connectivity index (χ0n) is 10.1. The van der Waals surface area contributed by atoms with E-state index in [1.165, 1.54) is 16.8 Å². The fourth-order valence-electron chi connectivity index (χ4n) is 1.64. The number of aromatic nitrogens is 2. The minimum Gasteiger partial charge on any atom is -0.506 e. The van der Waals surface area contributed by atoms with Crippen LogP contribution in [0.15, 0.2) is 24.3 Å². The number of nitrogens with one attached hydrogen (secondary N) is 1. The Morgan fingerprint density at radius 1 is 1.44 bits per heavy atom. The number of benzene rings is 1. The predicted molar refractivity (Wildman–Crippen MR) is 68.4 cm³/mol. The number of phenolic OH excluding ortho intramolecular Hbond substituents is 1. The summed E-state index contributed by atoms with van der Waals surface area (Å²) in [5.74, 6) is -0.0807. The number of aryl methyl sites for hydroxylation is 2. The van der Waals surface area contributed by atoms with Crippen molar-refractivity contribution < 1.29 is 9.90 Å². The van der Waals surface area contributed by atoms with Gasteiger partial charge in [-0.05, 0) is 24.6 Å². The molecule has 1 amide bonds. The molecule has 6 nitrogen and oxygen atoms in total. The van der Waals surface area contributed by atoms with Crippen molar-refractivity contribution >= 4 is 17.4 Å². The Kier molecular flexibility index (Phi) is 2.93. The lowest BCUT2D eigenvalue weighted by atomic mass is 10.2.